The van der Waals surface area contributed by atoms with Crippen LogP contribution in [-0.2, 0) is 4.79 Å². The lowest BCUT2D eigenvalue weighted by atomic mass is 10.0. The molecule has 1 saturated carbocycles. The smallest absolute Gasteiger partial charge is 0.232 e. The number of nitrogens with zero attached hydrogens (tertiary/aromatic N) is 4. The number of carbonyl (C=O) groups is 1. The fourth-order valence-corrected chi connectivity index (χ4v) is 4.38. The molecule has 2 aliphatic rings. The molecular weight excluding hydrogens is 296 g/mol. The second-order valence-corrected chi connectivity index (χ2v) is 7.29. The number of amides is 1. The van der Waals surface area contributed by atoms with Crippen molar-refractivity contribution in [1.29, 1.82) is 0 Å². The highest BCUT2D eigenvalue weighted by Crippen LogP contribution is 2.28. The monoisotopic (exact) mass is 320 g/mol. The van der Waals surface area contributed by atoms with Gasteiger partial charge in [0, 0.05) is 43.8 Å². The molecule has 0 radical (unpaired) electrons. The molecule has 0 aromatic carbocycles. The van der Waals surface area contributed by atoms with Crippen LogP contribution in [0.3, 0.4) is 0 Å². The zero-order valence-electron chi connectivity index (χ0n) is 13.0. The van der Waals surface area contributed by atoms with Crippen molar-refractivity contribution in [2.75, 3.05) is 36.8 Å². The number of piperazine rings is 1. The van der Waals surface area contributed by atoms with Gasteiger partial charge in [0.15, 0.2) is 0 Å². The molecular formula is C16H24N4OS. The lowest BCUT2D eigenvalue weighted by Gasteiger charge is -2.35. The van der Waals surface area contributed by atoms with Crippen molar-refractivity contribution < 1.29 is 4.79 Å². The number of carbonyl (C=O) groups excluding carboxylic acids is 1. The standard InChI is InChI=1S/C16H24N4OS/c21-16(13-22-14-4-2-1-3-5-14)20-10-8-19(9-11-20)15-12-17-6-7-18-15/h6-7,12,14H,1-5,8-11,13H2. The van der Waals surface area contributed by atoms with Crippen LogP contribution in [0.15, 0.2) is 18.6 Å². The van der Waals surface area contributed by atoms with E-state index in [0.717, 1.165) is 32.0 Å². The average molecular weight is 320 g/mol. The Labute approximate surface area is 136 Å². The molecule has 5 nitrogen and oxygen atoms in total. The van der Waals surface area contributed by atoms with Gasteiger partial charge in [-0.25, -0.2) is 4.98 Å². The predicted octanol–water partition coefficient (Wildman–Crippen LogP) is 2.19. The Hall–Kier alpha value is -1.30. The van der Waals surface area contributed by atoms with Gasteiger partial charge in [0.25, 0.3) is 0 Å². The van der Waals surface area contributed by atoms with E-state index in [9.17, 15) is 4.79 Å². The van der Waals surface area contributed by atoms with Crippen LogP contribution in [0, 0.1) is 0 Å². The number of hydrogen-bond donors (Lipinski definition) is 0. The summed E-state index contributed by atoms with van der Waals surface area (Å²) in [6.07, 6.45) is 11.8. The summed E-state index contributed by atoms with van der Waals surface area (Å²) in [6, 6.07) is 0. The van der Waals surface area contributed by atoms with Gasteiger partial charge < -0.3 is 9.80 Å². The number of thioether (sulfide) groups is 1. The van der Waals surface area contributed by atoms with Crippen LogP contribution in [0.5, 0.6) is 0 Å². The highest BCUT2D eigenvalue weighted by molar-refractivity contribution is 8.00. The molecule has 1 saturated heterocycles. The Morgan fingerprint density at radius 2 is 1.91 bits per heavy atom. The first kappa shape index (κ1) is 15.6. The lowest BCUT2D eigenvalue weighted by molar-refractivity contribution is -0.128. The topological polar surface area (TPSA) is 49.3 Å². The molecule has 0 spiro atoms. The van der Waals surface area contributed by atoms with Crippen molar-refractivity contribution in [3.8, 4) is 0 Å². The fourth-order valence-electron chi connectivity index (χ4n) is 3.15. The van der Waals surface area contributed by atoms with Gasteiger partial charge in [-0.05, 0) is 12.8 Å². The van der Waals surface area contributed by atoms with E-state index in [1.54, 1.807) is 18.6 Å². The number of aromatic nitrogens is 2. The summed E-state index contributed by atoms with van der Waals surface area (Å²) < 4.78 is 0. The van der Waals surface area contributed by atoms with E-state index in [-0.39, 0.29) is 0 Å². The largest absolute Gasteiger partial charge is 0.352 e. The number of hydrogen-bond acceptors (Lipinski definition) is 5. The van der Waals surface area contributed by atoms with Gasteiger partial charge >= 0.3 is 0 Å². The van der Waals surface area contributed by atoms with E-state index < -0.39 is 0 Å². The van der Waals surface area contributed by atoms with Gasteiger partial charge in [0.1, 0.15) is 5.82 Å². The summed E-state index contributed by atoms with van der Waals surface area (Å²) in [5.74, 6) is 1.86. The Morgan fingerprint density at radius 3 is 2.59 bits per heavy atom. The second-order valence-electron chi connectivity index (χ2n) is 6.00. The Bertz CT molecular complexity index is 470. The molecule has 2 fully saturated rings. The summed E-state index contributed by atoms with van der Waals surface area (Å²) in [7, 11) is 0. The molecule has 0 unspecified atom stereocenters. The summed E-state index contributed by atoms with van der Waals surface area (Å²) in [5.41, 5.74) is 0. The molecule has 1 amide bonds. The van der Waals surface area contributed by atoms with E-state index in [4.69, 9.17) is 0 Å². The molecule has 0 N–H and O–H groups in total. The maximum absolute atomic E-state index is 12.3. The van der Waals surface area contributed by atoms with Crippen LogP contribution in [0.2, 0.25) is 0 Å². The van der Waals surface area contributed by atoms with Crippen molar-refractivity contribution in [3.05, 3.63) is 18.6 Å². The highest BCUT2D eigenvalue weighted by atomic mass is 32.2. The molecule has 1 aromatic rings. The van der Waals surface area contributed by atoms with Crippen molar-refractivity contribution in [2.45, 2.75) is 37.4 Å². The van der Waals surface area contributed by atoms with Gasteiger partial charge in [-0.3, -0.25) is 9.78 Å². The maximum atomic E-state index is 12.3. The molecule has 1 aliphatic heterocycles. The van der Waals surface area contributed by atoms with Gasteiger partial charge in [-0.2, -0.15) is 0 Å². The average Bonchev–Trinajstić information content (AvgIpc) is 2.61. The Kier molecular flexibility index (Phi) is 5.53. The van der Waals surface area contributed by atoms with Crippen molar-refractivity contribution >= 4 is 23.5 Å². The third-order valence-corrected chi connectivity index (χ3v) is 5.86. The molecule has 0 atom stereocenters. The van der Waals surface area contributed by atoms with Gasteiger partial charge in [0.05, 0.1) is 11.9 Å². The zero-order chi connectivity index (χ0) is 15.2. The van der Waals surface area contributed by atoms with Crippen LogP contribution >= 0.6 is 11.8 Å². The fraction of sp³-hybridized carbons (Fsp3) is 0.688. The van der Waals surface area contributed by atoms with E-state index in [1.165, 1.54) is 32.1 Å². The molecule has 3 rings (SSSR count). The van der Waals surface area contributed by atoms with Crippen molar-refractivity contribution in [1.82, 2.24) is 14.9 Å². The first-order chi connectivity index (χ1) is 10.8. The minimum Gasteiger partial charge on any atom is -0.352 e. The first-order valence-corrected chi connectivity index (χ1v) is 9.28. The molecule has 6 heteroatoms. The van der Waals surface area contributed by atoms with Crippen LogP contribution in [0.25, 0.3) is 0 Å². The van der Waals surface area contributed by atoms with Crippen LogP contribution < -0.4 is 4.90 Å². The first-order valence-electron chi connectivity index (χ1n) is 8.23. The molecule has 120 valence electrons. The van der Waals surface area contributed by atoms with Gasteiger partial charge in [-0.1, -0.05) is 19.3 Å². The second kappa shape index (κ2) is 7.81. The molecule has 1 aliphatic carbocycles. The van der Waals surface area contributed by atoms with Crippen LogP contribution in [0.1, 0.15) is 32.1 Å². The summed E-state index contributed by atoms with van der Waals surface area (Å²) >= 11 is 1.87. The lowest BCUT2D eigenvalue weighted by Crippen LogP contribution is -2.49. The zero-order valence-corrected chi connectivity index (χ0v) is 13.8. The molecule has 0 bridgehead atoms. The quantitative estimate of drug-likeness (QED) is 0.851. The van der Waals surface area contributed by atoms with E-state index >= 15 is 0 Å². The summed E-state index contributed by atoms with van der Waals surface area (Å²) in [5, 5.41) is 0.707. The summed E-state index contributed by atoms with van der Waals surface area (Å²) in [6.45, 7) is 3.28. The minimum absolute atomic E-state index is 0.300. The van der Waals surface area contributed by atoms with E-state index in [2.05, 4.69) is 14.9 Å². The van der Waals surface area contributed by atoms with Crippen LogP contribution in [0.4, 0.5) is 5.82 Å². The Balaban J connectivity index is 1.41. The highest BCUT2D eigenvalue weighted by Gasteiger charge is 2.23. The normalized spacial score (nSPS) is 20.2. The maximum Gasteiger partial charge on any atom is 0.232 e. The third kappa shape index (κ3) is 4.12. The molecule has 2 heterocycles. The van der Waals surface area contributed by atoms with Crippen molar-refractivity contribution in [2.24, 2.45) is 0 Å². The molecule has 1 aromatic heterocycles. The van der Waals surface area contributed by atoms with Crippen molar-refractivity contribution in [3.63, 3.8) is 0 Å². The third-order valence-electron chi connectivity index (χ3n) is 4.50. The minimum atomic E-state index is 0.300. The SMILES string of the molecule is O=C(CSC1CCCCC1)N1CCN(c2cnccn2)CC1. The number of anilines is 1. The molecule has 22 heavy (non-hydrogen) atoms. The van der Waals surface area contributed by atoms with Gasteiger partial charge in [-0.15, -0.1) is 11.8 Å². The van der Waals surface area contributed by atoms with E-state index in [1.807, 2.05) is 16.7 Å². The van der Waals surface area contributed by atoms with Crippen LogP contribution in [-0.4, -0.2) is 58.0 Å². The predicted molar refractivity (Wildman–Crippen MR) is 90.2 cm³/mol. The summed E-state index contributed by atoms with van der Waals surface area (Å²) in [4.78, 5) is 25.0. The van der Waals surface area contributed by atoms with Gasteiger partial charge in [0.2, 0.25) is 5.91 Å². The number of rotatable bonds is 4. The Morgan fingerprint density at radius 1 is 1.14 bits per heavy atom. The van der Waals surface area contributed by atoms with E-state index in [0.29, 0.717) is 16.9 Å².